The highest BCUT2D eigenvalue weighted by molar-refractivity contribution is 5.66. The van der Waals surface area contributed by atoms with E-state index in [0.717, 1.165) is 25.7 Å². The lowest BCUT2D eigenvalue weighted by atomic mass is 10.2. The molecular formula is C22H32O3. The highest BCUT2D eigenvalue weighted by Crippen LogP contribution is 1.99. The first-order valence-corrected chi connectivity index (χ1v) is 9.00. The normalized spacial score (nSPS) is 14.3. The first-order chi connectivity index (χ1) is 12.2. The Kier molecular flexibility index (Phi) is 16.7. The summed E-state index contributed by atoms with van der Waals surface area (Å²) in [4.78, 5) is 10.3. The van der Waals surface area contributed by atoms with Gasteiger partial charge in [-0.05, 0) is 38.5 Å². The third kappa shape index (κ3) is 19.8. The number of aliphatic hydroxyl groups excluding tert-OH is 1. The molecule has 0 fully saturated rings. The Morgan fingerprint density at radius 3 is 2.12 bits per heavy atom. The minimum atomic E-state index is -0.774. The van der Waals surface area contributed by atoms with Crippen LogP contribution in [0.2, 0.25) is 0 Å². The molecule has 138 valence electrons. The summed E-state index contributed by atoms with van der Waals surface area (Å²) in [5, 5.41) is 18.3. The van der Waals surface area contributed by atoms with Gasteiger partial charge in [0.05, 0.1) is 6.10 Å². The van der Waals surface area contributed by atoms with E-state index in [4.69, 9.17) is 5.11 Å². The first-order valence-electron chi connectivity index (χ1n) is 9.00. The van der Waals surface area contributed by atoms with Gasteiger partial charge in [0.15, 0.2) is 0 Å². The SMILES string of the molecule is CC/C=C\C/C=C\C/C=C\C=C/C(O)C/C=C\C/C=C\CCC(=O)O. The molecule has 0 aromatic heterocycles. The summed E-state index contributed by atoms with van der Waals surface area (Å²) in [5.41, 5.74) is 0. The van der Waals surface area contributed by atoms with Gasteiger partial charge in [0.2, 0.25) is 0 Å². The number of allylic oxidation sites excluding steroid dienone is 10. The average molecular weight is 344 g/mol. The zero-order valence-corrected chi connectivity index (χ0v) is 15.3. The average Bonchev–Trinajstić information content (AvgIpc) is 2.58. The second kappa shape index (κ2) is 18.2. The minimum Gasteiger partial charge on any atom is -0.481 e. The van der Waals surface area contributed by atoms with Crippen LogP contribution in [0.5, 0.6) is 0 Å². The van der Waals surface area contributed by atoms with Crippen molar-refractivity contribution < 1.29 is 15.0 Å². The largest absolute Gasteiger partial charge is 0.481 e. The molecule has 0 saturated carbocycles. The summed E-state index contributed by atoms with van der Waals surface area (Å²) in [6.45, 7) is 2.13. The predicted molar refractivity (Wildman–Crippen MR) is 106 cm³/mol. The van der Waals surface area contributed by atoms with Gasteiger partial charge in [-0.2, -0.15) is 0 Å². The summed E-state index contributed by atoms with van der Waals surface area (Å²) >= 11 is 0. The fourth-order valence-electron chi connectivity index (χ4n) is 1.87. The number of carboxylic acid groups (broad SMARTS) is 1. The van der Waals surface area contributed by atoms with Gasteiger partial charge < -0.3 is 10.2 Å². The number of carbonyl (C=O) groups is 1. The number of hydrogen-bond donors (Lipinski definition) is 2. The zero-order chi connectivity index (χ0) is 18.6. The molecule has 0 aromatic carbocycles. The fourth-order valence-corrected chi connectivity index (χ4v) is 1.87. The van der Waals surface area contributed by atoms with Gasteiger partial charge in [-0.15, -0.1) is 0 Å². The van der Waals surface area contributed by atoms with Crippen molar-refractivity contribution in [3.63, 3.8) is 0 Å². The number of aliphatic hydroxyl groups is 1. The molecule has 25 heavy (non-hydrogen) atoms. The molecule has 0 saturated heterocycles. The van der Waals surface area contributed by atoms with Crippen LogP contribution in [0, 0.1) is 0 Å². The van der Waals surface area contributed by atoms with Crippen LogP contribution in [0.1, 0.15) is 51.9 Å². The van der Waals surface area contributed by atoms with E-state index < -0.39 is 12.1 Å². The molecule has 0 aliphatic heterocycles. The molecule has 3 nitrogen and oxygen atoms in total. The molecule has 0 aliphatic carbocycles. The van der Waals surface area contributed by atoms with E-state index in [-0.39, 0.29) is 6.42 Å². The van der Waals surface area contributed by atoms with Crippen molar-refractivity contribution in [2.75, 3.05) is 0 Å². The molecule has 3 heteroatoms. The predicted octanol–water partition coefficient (Wildman–Crippen LogP) is 5.52. The Hall–Kier alpha value is -2.13. The van der Waals surface area contributed by atoms with Crippen LogP contribution in [0.4, 0.5) is 0 Å². The van der Waals surface area contributed by atoms with E-state index >= 15 is 0 Å². The Morgan fingerprint density at radius 2 is 1.44 bits per heavy atom. The maximum Gasteiger partial charge on any atom is 0.303 e. The van der Waals surface area contributed by atoms with Crippen molar-refractivity contribution >= 4 is 5.97 Å². The third-order valence-electron chi connectivity index (χ3n) is 3.20. The molecule has 0 spiro atoms. The van der Waals surface area contributed by atoms with Gasteiger partial charge in [0, 0.05) is 6.42 Å². The van der Waals surface area contributed by atoms with Gasteiger partial charge >= 0.3 is 5.97 Å². The number of hydrogen-bond acceptors (Lipinski definition) is 2. The molecule has 2 N–H and O–H groups in total. The second-order valence-corrected chi connectivity index (χ2v) is 5.55. The Bertz CT molecular complexity index is 493. The maximum atomic E-state index is 10.3. The van der Waals surface area contributed by atoms with E-state index in [2.05, 4.69) is 37.3 Å². The van der Waals surface area contributed by atoms with Crippen molar-refractivity contribution in [3.8, 4) is 0 Å². The molecule has 1 atom stereocenters. The lowest BCUT2D eigenvalue weighted by Gasteiger charge is -1.98. The van der Waals surface area contributed by atoms with Crippen molar-refractivity contribution in [1.82, 2.24) is 0 Å². The Labute approximate surface area is 152 Å². The van der Waals surface area contributed by atoms with Crippen LogP contribution in [0.25, 0.3) is 0 Å². The molecule has 0 aromatic rings. The minimum absolute atomic E-state index is 0.170. The molecule has 0 amide bonds. The van der Waals surface area contributed by atoms with E-state index in [1.165, 1.54) is 0 Å². The van der Waals surface area contributed by atoms with Crippen LogP contribution in [0.3, 0.4) is 0 Å². The van der Waals surface area contributed by atoms with Crippen molar-refractivity contribution in [1.29, 1.82) is 0 Å². The van der Waals surface area contributed by atoms with Crippen LogP contribution in [0.15, 0.2) is 72.9 Å². The standard InChI is InChI=1S/C22H32O3/c1-2-3-4-5-6-7-8-9-12-15-18-21(23)19-16-13-10-11-14-17-20-22(24)25/h3-4,6-7,9,11-16,18,21,23H,2,5,8,10,17,19-20H2,1H3,(H,24,25)/b4-3-,7-6-,12-9-,14-11-,16-13-,18-15-. The van der Waals surface area contributed by atoms with Crippen molar-refractivity contribution in [2.24, 2.45) is 0 Å². The monoisotopic (exact) mass is 344 g/mol. The van der Waals surface area contributed by atoms with Crippen LogP contribution < -0.4 is 0 Å². The Morgan fingerprint density at radius 1 is 0.840 bits per heavy atom. The van der Waals surface area contributed by atoms with Gasteiger partial charge in [-0.25, -0.2) is 0 Å². The smallest absolute Gasteiger partial charge is 0.303 e. The van der Waals surface area contributed by atoms with Crippen LogP contribution in [-0.2, 0) is 4.79 Å². The fraction of sp³-hybridized carbons (Fsp3) is 0.409. The van der Waals surface area contributed by atoms with E-state index in [9.17, 15) is 9.90 Å². The summed E-state index contributed by atoms with van der Waals surface area (Å²) in [7, 11) is 0. The Balaban J connectivity index is 3.73. The van der Waals surface area contributed by atoms with Gasteiger partial charge in [-0.1, -0.05) is 79.8 Å². The third-order valence-corrected chi connectivity index (χ3v) is 3.20. The van der Waals surface area contributed by atoms with E-state index in [0.29, 0.717) is 12.8 Å². The van der Waals surface area contributed by atoms with Gasteiger partial charge in [0.1, 0.15) is 0 Å². The number of aliphatic carboxylic acids is 1. The second-order valence-electron chi connectivity index (χ2n) is 5.55. The first kappa shape index (κ1) is 22.9. The van der Waals surface area contributed by atoms with E-state index in [1.54, 1.807) is 6.08 Å². The summed E-state index contributed by atoms with van der Waals surface area (Å²) in [6.07, 6.45) is 28.5. The number of rotatable bonds is 14. The van der Waals surface area contributed by atoms with Crippen molar-refractivity contribution in [3.05, 3.63) is 72.9 Å². The topological polar surface area (TPSA) is 57.5 Å². The molecule has 0 heterocycles. The molecular weight excluding hydrogens is 312 g/mol. The van der Waals surface area contributed by atoms with Crippen LogP contribution in [-0.4, -0.2) is 22.3 Å². The quantitative estimate of drug-likeness (QED) is 0.322. The summed E-state index contributed by atoms with van der Waals surface area (Å²) in [5.74, 6) is -0.774. The molecule has 1 unspecified atom stereocenters. The maximum absolute atomic E-state index is 10.3. The number of carboxylic acids is 1. The highest BCUT2D eigenvalue weighted by Gasteiger charge is 1.93. The summed E-state index contributed by atoms with van der Waals surface area (Å²) < 4.78 is 0. The summed E-state index contributed by atoms with van der Waals surface area (Å²) in [6, 6.07) is 0. The highest BCUT2D eigenvalue weighted by atomic mass is 16.4. The van der Waals surface area contributed by atoms with Gasteiger partial charge in [0.25, 0.3) is 0 Å². The van der Waals surface area contributed by atoms with Crippen LogP contribution >= 0.6 is 0 Å². The van der Waals surface area contributed by atoms with Gasteiger partial charge in [-0.3, -0.25) is 4.79 Å². The lowest BCUT2D eigenvalue weighted by Crippen LogP contribution is -1.98. The molecule has 0 rings (SSSR count). The molecule has 0 radical (unpaired) electrons. The molecule has 0 bridgehead atoms. The van der Waals surface area contributed by atoms with Crippen molar-refractivity contribution in [2.45, 2.75) is 58.0 Å². The zero-order valence-electron chi connectivity index (χ0n) is 15.3. The molecule has 0 aliphatic rings. The van der Waals surface area contributed by atoms with E-state index in [1.807, 2.05) is 36.5 Å². The lowest BCUT2D eigenvalue weighted by molar-refractivity contribution is -0.136.